The molecule has 8 heteroatoms. The van der Waals surface area contributed by atoms with Gasteiger partial charge in [0.2, 0.25) is 0 Å². The molecule has 0 spiro atoms. The number of ether oxygens (including phenoxy) is 2. The minimum atomic E-state index is 0. The Morgan fingerprint density at radius 2 is 2.18 bits per heavy atom. The number of hydrogen-bond donors (Lipinski definition) is 1. The maximum Gasteiger partial charge on any atom is 0.193 e. The highest BCUT2D eigenvalue weighted by Crippen LogP contribution is 2.18. The van der Waals surface area contributed by atoms with Gasteiger partial charge in [-0.05, 0) is 18.1 Å². The van der Waals surface area contributed by atoms with Crippen molar-refractivity contribution in [1.29, 1.82) is 0 Å². The van der Waals surface area contributed by atoms with E-state index < -0.39 is 0 Å². The standard InChI is InChI=1S/C20H29N5O2.HI/c1-21-20(24-9-7-17(14-24)15-27-12-11-26-2)23-13-18-5-3-4-6-19(18)25-10-8-22-16-25;/h3-6,8,10,16-17H,7,9,11-15H2,1-2H3,(H,21,23);1H. The highest BCUT2D eigenvalue weighted by Gasteiger charge is 2.25. The Balaban J connectivity index is 0.00000280. The summed E-state index contributed by atoms with van der Waals surface area (Å²) in [6.45, 7) is 4.77. The lowest BCUT2D eigenvalue weighted by Gasteiger charge is -2.22. The van der Waals surface area contributed by atoms with E-state index in [4.69, 9.17) is 9.47 Å². The molecule has 7 nitrogen and oxygen atoms in total. The van der Waals surface area contributed by atoms with E-state index in [9.17, 15) is 0 Å². The van der Waals surface area contributed by atoms with Crippen molar-refractivity contribution in [3.05, 3.63) is 48.5 Å². The largest absolute Gasteiger partial charge is 0.382 e. The van der Waals surface area contributed by atoms with Crippen LogP contribution < -0.4 is 5.32 Å². The van der Waals surface area contributed by atoms with Crippen LogP contribution in [0.2, 0.25) is 0 Å². The highest BCUT2D eigenvalue weighted by atomic mass is 127. The van der Waals surface area contributed by atoms with Gasteiger partial charge < -0.3 is 24.3 Å². The zero-order valence-electron chi connectivity index (χ0n) is 16.6. The van der Waals surface area contributed by atoms with E-state index in [-0.39, 0.29) is 24.0 Å². The SMILES string of the molecule is CN=C(NCc1ccccc1-n1ccnc1)N1CCC(COCCOC)C1.I. The Morgan fingerprint density at radius 1 is 1.32 bits per heavy atom. The van der Waals surface area contributed by atoms with E-state index in [1.165, 1.54) is 5.56 Å². The summed E-state index contributed by atoms with van der Waals surface area (Å²) in [4.78, 5) is 10.9. The fourth-order valence-electron chi connectivity index (χ4n) is 3.37. The lowest BCUT2D eigenvalue weighted by atomic mass is 10.1. The van der Waals surface area contributed by atoms with Crippen LogP contribution in [-0.2, 0) is 16.0 Å². The van der Waals surface area contributed by atoms with Gasteiger partial charge in [0.05, 0.1) is 31.8 Å². The van der Waals surface area contributed by atoms with Crippen molar-refractivity contribution >= 4 is 29.9 Å². The summed E-state index contributed by atoms with van der Waals surface area (Å²) in [6, 6.07) is 8.34. The molecular formula is C20H30IN5O2. The van der Waals surface area contributed by atoms with E-state index in [2.05, 4.69) is 38.4 Å². The van der Waals surface area contributed by atoms with E-state index in [0.29, 0.717) is 25.7 Å². The zero-order chi connectivity index (χ0) is 18.9. The van der Waals surface area contributed by atoms with Gasteiger partial charge in [-0.15, -0.1) is 24.0 Å². The number of imidazole rings is 1. The smallest absolute Gasteiger partial charge is 0.193 e. The van der Waals surface area contributed by atoms with Crippen LogP contribution in [0.25, 0.3) is 5.69 Å². The van der Waals surface area contributed by atoms with Crippen molar-refractivity contribution in [1.82, 2.24) is 19.8 Å². The number of para-hydroxylation sites is 1. The molecule has 1 N–H and O–H groups in total. The second-order valence-electron chi connectivity index (χ2n) is 6.67. The molecule has 154 valence electrons. The molecule has 0 bridgehead atoms. The maximum absolute atomic E-state index is 5.69. The first-order valence-corrected chi connectivity index (χ1v) is 9.40. The van der Waals surface area contributed by atoms with Crippen LogP contribution in [0.1, 0.15) is 12.0 Å². The second kappa shape index (κ2) is 12.0. The summed E-state index contributed by atoms with van der Waals surface area (Å²) in [5.41, 5.74) is 2.33. The maximum atomic E-state index is 5.69. The molecule has 1 fully saturated rings. The molecule has 2 heterocycles. The zero-order valence-corrected chi connectivity index (χ0v) is 18.9. The second-order valence-corrected chi connectivity index (χ2v) is 6.67. The minimum absolute atomic E-state index is 0. The van der Waals surface area contributed by atoms with Gasteiger partial charge >= 0.3 is 0 Å². The molecule has 2 aromatic rings. The average molecular weight is 499 g/mol. The quantitative estimate of drug-likeness (QED) is 0.262. The number of methoxy groups -OCH3 is 1. The van der Waals surface area contributed by atoms with Crippen LogP contribution in [0, 0.1) is 5.92 Å². The number of aliphatic imine (C=N–C) groups is 1. The summed E-state index contributed by atoms with van der Waals surface area (Å²) in [7, 11) is 3.54. The fraction of sp³-hybridized carbons (Fsp3) is 0.500. The number of nitrogens with zero attached hydrogens (tertiary/aromatic N) is 4. The monoisotopic (exact) mass is 499 g/mol. The van der Waals surface area contributed by atoms with E-state index >= 15 is 0 Å². The first-order chi connectivity index (χ1) is 13.3. The van der Waals surface area contributed by atoms with Gasteiger partial charge in [-0.2, -0.15) is 0 Å². The molecule has 1 aliphatic rings. The van der Waals surface area contributed by atoms with E-state index in [1.807, 2.05) is 30.2 Å². The summed E-state index contributed by atoms with van der Waals surface area (Å²) in [5, 5.41) is 3.51. The van der Waals surface area contributed by atoms with Gasteiger partial charge in [-0.25, -0.2) is 4.98 Å². The first kappa shape index (κ1) is 22.6. The number of halogens is 1. The molecule has 1 aromatic carbocycles. The number of hydrogen-bond acceptors (Lipinski definition) is 4. The molecule has 1 aliphatic heterocycles. The van der Waals surface area contributed by atoms with Crippen molar-refractivity contribution in [2.75, 3.05) is 47.1 Å². The molecule has 0 amide bonds. The van der Waals surface area contributed by atoms with Crippen LogP contribution in [0.4, 0.5) is 0 Å². The Hall–Kier alpha value is -1.65. The Morgan fingerprint density at radius 3 is 2.93 bits per heavy atom. The third-order valence-corrected chi connectivity index (χ3v) is 4.79. The number of guanidine groups is 1. The number of rotatable bonds is 8. The molecule has 1 saturated heterocycles. The summed E-state index contributed by atoms with van der Waals surface area (Å²) in [5.74, 6) is 1.48. The van der Waals surface area contributed by atoms with Gasteiger partial charge in [0, 0.05) is 52.1 Å². The third kappa shape index (κ3) is 6.18. The normalized spacial score (nSPS) is 16.9. The number of nitrogens with one attached hydrogen (secondary N) is 1. The molecule has 3 rings (SSSR count). The van der Waals surface area contributed by atoms with Crippen LogP contribution in [0.15, 0.2) is 48.0 Å². The molecule has 1 unspecified atom stereocenters. The van der Waals surface area contributed by atoms with Crippen molar-refractivity contribution in [2.45, 2.75) is 13.0 Å². The molecule has 1 atom stereocenters. The molecular weight excluding hydrogens is 469 g/mol. The molecule has 0 aliphatic carbocycles. The van der Waals surface area contributed by atoms with Crippen LogP contribution >= 0.6 is 24.0 Å². The van der Waals surface area contributed by atoms with Crippen molar-refractivity contribution in [3.63, 3.8) is 0 Å². The first-order valence-electron chi connectivity index (χ1n) is 9.40. The topological polar surface area (TPSA) is 63.9 Å². The van der Waals surface area contributed by atoms with Gasteiger partial charge in [-0.3, -0.25) is 4.99 Å². The van der Waals surface area contributed by atoms with E-state index in [0.717, 1.165) is 37.8 Å². The van der Waals surface area contributed by atoms with Gasteiger partial charge in [-0.1, -0.05) is 18.2 Å². The van der Waals surface area contributed by atoms with Gasteiger partial charge in [0.1, 0.15) is 0 Å². The molecule has 28 heavy (non-hydrogen) atoms. The highest BCUT2D eigenvalue weighted by molar-refractivity contribution is 14.0. The van der Waals surface area contributed by atoms with Crippen molar-refractivity contribution < 1.29 is 9.47 Å². The number of benzene rings is 1. The van der Waals surface area contributed by atoms with E-state index in [1.54, 1.807) is 13.3 Å². The number of likely N-dealkylation sites (tertiary alicyclic amines) is 1. The molecule has 1 aromatic heterocycles. The Labute approximate surface area is 184 Å². The number of aromatic nitrogens is 2. The van der Waals surface area contributed by atoms with Crippen LogP contribution in [0.3, 0.4) is 0 Å². The minimum Gasteiger partial charge on any atom is -0.382 e. The predicted molar refractivity (Wildman–Crippen MR) is 122 cm³/mol. The van der Waals surface area contributed by atoms with Gasteiger partial charge in [0.25, 0.3) is 0 Å². The molecule has 0 radical (unpaired) electrons. The summed E-state index contributed by atoms with van der Waals surface area (Å²) in [6.07, 6.45) is 6.70. The van der Waals surface area contributed by atoms with Crippen molar-refractivity contribution in [2.24, 2.45) is 10.9 Å². The predicted octanol–water partition coefficient (Wildman–Crippen LogP) is 2.55. The average Bonchev–Trinajstić information content (AvgIpc) is 3.39. The van der Waals surface area contributed by atoms with Crippen molar-refractivity contribution in [3.8, 4) is 5.69 Å². The lowest BCUT2D eigenvalue weighted by Crippen LogP contribution is -2.40. The lowest BCUT2D eigenvalue weighted by molar-refractivity contribution is 0.0536. The van der Waals surface area contributed by atoms with Crippen LogP contribution in [-0.4, -0.2) is 67.5 Å². The fourth-order valence-corrected chi connectivity index (χ4v) is 3.37. The summed E-state index contributed by atoms with van der Waals surface area (Å²) >= 11 is 0. The summed E-state index contributed by atoms with van der Waals surface area (Å²) < 4.78 is 12.7. The molecule has 0 saturated carbocycles. The van der Waals surface area contributed by atoms with Crippen LogP contribution in [0.5, 0.6) is 0 Å². The van der Waals surface area contributed by atoms with Gasteiger partial charge in [0.15, 0.2) is 5.96 Å². The Kier molecular flexibility index (Phi) is 9.72. The Bertz CT molecular complexity index is 723. The third-order valence-electron chi connectivity index (χ3n) is 4.79.